The molecule has 0 unspecified atom stereocenters. The minimum absolute atomic E-state index is 0.205. The van der Waals surface area contributed by atoms with Crippen LogP contribution in [0.15, 0.2) is 48.2 Å². The van der Waals surface area contributed by atoms with Crippen molar-refractivity contribution in [3.05, 3.63) is 76.6 Å². The highest BCUT2D eigenvalue weighted by molar-refractivity contribution is 5.61. The SMILES string of the molecule is COc1ccc(-n2ncc3c2C=C2CCC[C@H]([C@@](C)(O)c4cc(F)c(F)c(OC)c4)[C@@]2(C)C3)cc1. The Labute approximate surface area is 204 Å². The van der Waals surface area contributed by atoms with E-state index in [1.807, 2.05) is 35.1 Å². The third-order valence-electron chi connectivity index (χ3n) is 7.99. The summed E-state index contributed by atoms with van der Waals surface area (Å²) in [6.45, 7) is 3.87. The van der Waals surface area contributed by atoms with Gasteiger partial charge in [-0.2, -0.15) is 9.49 Å². The van der Waals surface area contributed by atoms with Gasteiger partial charge in [-0.25, -0.2) is 9.07 Å². The summed E-state index contributed by atoms with van der Waals surface area (Å²) in [6, 6.07) is 10.3. The zero-order valence-electron chi connectivity index (χ0n) is 20.4. The Bertz CT molecular complexity index is 1300. The molecule has 35 heavy (non-hydrogen) atoms. The van der Waals surface area contributed by atoms with Gasteiger partial charge in [0.2, 0.25) is 5.82 Å². The van der Waals surface area contributed by atoms with Gasteiger partial charge in [0.25, 0.3) is 0 Å². The van der Waals surface area contributed by atoms with Gasteiger partial charge in [0.05, 0.1) is 37.4 Å². The Balaban J connectivity index is 1.54. The van der Waals surface area contributed by atoms with Crippen molar-refractivity contribution in [3.63, 3.8) is 0 Å². The van der Waals surface area contributed by atoms with Gasteiger partial charge >= 0.3 is 0 Å². The number of aliphatic hydroxyl groups is 1. The second kappa shape index (κ2) is 8.48. The lowest BCUT2D eigenvalue weighted by atomic mass is 9.54. The van der Waals surface area contributed by atoms with Gasteiger partial charge in [0, 0.05) is 5.92 Å². The van der Waals surface area contributed by atoms with Gasteiger partial charge in [0.15, 0.2) is 11.6 Å². The lowest BCUT2D eigenvalue weighted by Crippen LogP contribution is -2.47. The number of nitrogens with zero attached hydrogens (tertiary/aromatic N) is 2. The van der Waals surface area contributed by atoms with Gasteiger partial charge in [-0.05, 0) is 91.6 Å². The summed E-state index contributed by atoms with van der Waals surface area (Å²) >= 11 is 0. The van der Waals surface area contributed by atoms with Crippen LogP contribution in [-0.4, -0.2) is 29.1 Å². The molecular weight excluding hydrogens is 450 g/mol. The zero-order valence-corrected chi connectivity index (χ0v) is 20.4. The summed E-state index contributed by atoms with van der Waals surface area (Å²) in [7, 11) is 2.93. The summed E-state index contributed by atoms with van der Waals surface area (Å²) in [5.74, 6) is -1.70. The van der Waals surface area contributed by atoms with Crippen molar-refractivity contribution in [2.75, 3.05) is 14.2 Å². The van der Waals surface area contributed by atoms with Crippen LogP contribution in [0.3, 0.4) is 0 Å². The fourth-order valence-corrected chi connectivity index (χ4v) is 6.08. The maximum atomic E-state index is 14.4. The van der Waals surface area contributed by atoms with Crippen LogP contribution < -0.4 is 9.47 Å². The molecule has 1 fully saturated rings. The van der Waals surface area contributed by atoms with Crippen LogP contribution in [0, 0.1) is 23.0 Å². The zero-order chi connectivity index (χ0) is 25.0. The molecule has 184 valence electrons. The molecule has 1 N–H and O–H groups in total. The number of methoxy groups -OCH3 is 2. The molecule has 5 nitrogen and oxygen atoms in total. The average Bonchev–Trinajstić information content (AvgIpc) is 3.25. The van der Waals surface area contributed by atoms with Crippen LogP contribution in [0.4, 0.5) is 8.78 Å². The predicted octanol–water partition coefficient (Wildman–Crippen LogP) is 5.82. The number of aromatic nitrogens is 2. The van der Waals surface area contributed by atoms with Crippen molar-refractivity contribution in [1.29, 1.82) is 0 Å². The molecule has 5 rings (SSSR count). The minimum atomic E-state index is -1.39. The first kappa shape index (κ1) is 23.5. The van der Waals surface area contributed by atoms with E-state index in [4.69, 9.17) is 9.47 Å². The van der Waals surface area contributed by atoms with Gasteiger partial charge in [0.1, 0.15) is 5.75 Å². The first-order chi connectivity index (χ1) is 16.7. The molecule has 0 saturated heterocycles. The number of rotatable bonds is 5. The van der Waals surface area contributed by atoms with Gasteiger partial charge in [-0.1, -0.05) is 12.5 Å². The van der Waals surface area contributed by atoms with E-state index >= 15 is 0 Å². The Morgan fingerprint density at radius 1 is 1.14 bits per heavy atom. The molecule has 3 atom stereocenters. The Morgan fingerprint density at radius 2 is 1.89 bits per heavy atom. The summed E-state index contributed by atoms with van der Waals surface area (Å²) in [5, 5.41) is 16.5. The molecule has 1 aromatic heterocycles. The fraction of sp³-hybridized carbons (Fsp3) is 0.393. The molecule has 0 amide bonds. The molecule has 0 radical (unpaired) electrons. The number of fused-ring (bicyclic) bond motifs is 2. The topological polar surface area (TPSA) is 56.5 Å². The summed E-state index contributed by atoms with van der Waals surface area (Å²) < 4.78 is 40.7. The molecule has 7 heteroatoms. The molecule has 2 aromatic carbocycles. The maximum absolute atomic E-state index is 14.4. The molecule has 0 aliphatic heterocycles. The van der Waals surface area contributed by atoms with Crippen LogP contribution in [0.25, 0.3) is 11.8 Å². The third-order valence-corrected chi connectivity index (χ3v) is 7.99. The Morgan fingerprint density at radius 3 is 2.57 bits per heavy atom. The van der Waals surface area contributed by atoms with E-state index in [2.05, 4.69) is 18.1 Å². The van der Waals surface area contributed by atoms with Gasteiger partial charge in [-0.3, -0.25) is 0 Å². The monoisotopic (exact) mass is 480 g/mol. The number of ether oxygens (including phenoxy) is 2. The van der Waals surface area contributed by atoms with Crippen molar-refractivity contribution in [2.45, 2.75) is 45.1 Å². The van der Waals surface area contributed by atoms with Crippen molar-refractivity contribution in [3.8, 4) is 17.2 Å². The van der Waals surface area contributed by atoms with E-state index in [1.165, 1.54) is 18.7 Å². The minimum Gasteiger partial charge on any atom is -0.497 e. The fourth-order valence-electron chi connectivity index (χ4n) is 6.08. The van der Waals surface area contributed by atoms with E-state index in [0.717, 1.165) is 48.0 Å². The van der Waals surface area contributed by atoms with Crippen LogP contribution in [0.5, 0.6) is 11.5 Å². The highest BCUT2D eigenvalue weighted by Gasteiger charge is 2.51. The standard InChI is InChI=1S/C28H30F2N2O3/c1-27-15-17-16-31-32(20-8-10-21(34-3)11-9-20)23(17)13-18(27)6-5-7-25(27)28(2,33)19-12-22(29)26(30)24(14-19)35-4/h8-14,16,25,33H,5-7,15H2,1-4H3/t25-,27-,28-/m0/s1. The lowest BCUT2D eigenvalue weighted by Gasteiger charge is -2.51. The number of hydrogen-bond donors (Lipinski definition) is 1. The number of benzene rings is 2. The first-order valence-electron chi connectivity index (χ1n) is 11.9. The maximum Gasteiger partial charge on any atom is 0.200 e. The van der Waals surface area contributed by atoms with Crippen molar-refractivity contribution in [1.82, 2.24) is 9.78 Å². The van der Waals surface area contributed by atoms with Crippen molar-refractivity contribution < 1.29 is 23.4 Å². The summed E-state index contributed by atoms with van der Waals surface area (Å²) in [4.78, 5) is 0. The number of allylic oxidation sites excluding steroid dienone is 1. The molecule has 2 aliphatic rings. The Hall–Kier alpha value is -3.19. The normalized spacial score (nSPS) is 23.1. The highest BCUT2D eigenvalue weighted by atomic mass is 19.2. The predicted molar refractivity (Wildman–Crippen MR) is 130 cm³/mol. The summed E-state index contributed by atoms with van der Waals surface area (Å²) in [5.41, 5.74) is 2.89. The summed E-state index contributed by atoms with van der Waals surface area (Å²) in [6.07, 6.45) is 7.37. The van der Waals surface area contributed by atoms with E-state index in [9.17, 15) is 13.9 Å². The lowest BCUT2D eigenvalue weighted by molar-refractivity contribution is -0.0662. The molecular formula is C28H30F2N2O3. The number of halogens is 2. The van der Waals surface area contributed by atoms with Crippen LogP contribution in [0.1, 0.15) is 49.9 Å². The van der Waals surface area contributed by atoms with E-state index in [-0.39, 0.29) is 17.1 Å². The third kappa shape index (κ3) is 3.73. The van der Waals surface area contributed by atoms with E-state index < -0.39 is 17.2 Å². The molecule has 2 aliphatic carbocycles. The quantitative estimate of drug-likeness (QED) is 0.500. The second-order valence-corrected chi connectivity index (χ2v) is 10.00. The average molecular weight is 481 g/mol. The van der Waals surface area contributed by atoms with Crippen molar-refractivity contribution >= 4 is 6.08 Å². The van der Waals surface area contributed by atoms with Gasteiger partial charge < -0.3 is 14.6 Å². The molecule has 0 spiro atoms. The molecule has 3 aromatic rings. The molecule has 1 saturated carbocycles. The first-order valence-corrected chi connectivity index (χ1v) is 11.9. The molecule has 1 heterocycles. The Kier molecular flexibility index (Phi) is 5.71. The van der Waals surface area contributed by atoms with Gasteiger partial charge in [-0.15, -0.1) is 0 Å². The smallest absolute Gasteiger partial charge is 0.200 e. The number of hydrogen-bond acceptors (Lipinski definition) is 4. The van der Waals surface area contributed by atoms with Crippen LogP contribution in [-0.2, 0) is 12.0 Å². The van der Waals surface area contributed by atoms with E-state index in [0.29, 0.717) is 12.0 Å². The van der Waals surface area contributed by atoms with Crippen molar-refractivity contribution in [2.24, 2.45) is 11.3 Å². The molecule has 0 bridgehead atoms. The van der Waals surface area contributed by atoms with Crippen LogP contribution in [0.2, 0.25) is 0 Å². The van der Waals surface area contributed by atoms with Crippen LogP contribution >= 0.6 is 0 Å². The highest BCUT2D eigenvalue weighted by Crippen LogP contribution is 2.56. The van der Waals surface area contributed by atoms with E-state index in [1.54, 1.807) is 14.0 Å². The largest absolute Gasteiger partial charge is 0.497 e. The second-order valence-electron chi connectivity index (χ2n) is 10.00.